The number of hydrogen-bond acceptors (Lipinski definition) is 5. The van der Waals surface area contributed by atoms with Crippen molar-refractivity contribution in [3.05, 3.63) is 23.9 Å². The van der Waals surface area contributed by atoms with Gasteiger partial charge < -0.3 is 9.64 Å². The highest BCUT2D eigenvalue weighted by Gasteiger charge is 2.55. The maximum atomic E-state index is 12.3. The van der Waals surface area contributed by atoms with Gasteiger partial charge in [-0.15, -0.1) is 0 Å². The molecule has 130 valence electrons. The monoisotopic (exact) mass is 329 g/mol. The van der Waals surface area contributed by atoms with Crippen LogP contribution in [0.4, 0.5) is 5.82 Å². The quantitative estimate of drug-likeness (QED) is 0.794. The summed E-state index contributed by atoms with van der Waals surface area (Å²) in [7, 11) is 1.52. The van der Waals surface area contributed by atoms with Gasteiger partial charge in [0, 0.05) is 38.9 Å². The molecule has 5 nitrogen and oxygen atoms in total. The molecule has 3 fully saturated rings. The van der Waals surface area contributed by atoms with Gasteiger partial charge in [0.2, 0.25) is 0 Å². The molecular weight excluding hydrogens is 302 g/mol. The molecule has 24 heavy (non-hydrogen) atoms. The molecule has 1 saturated carbocycles. The van der Waals surface area contributed by atoms with Crippen molar-refractivity contribution in [2.24, 2.45) is 11.3 Å². The fraction of sp³-hybridized carbons (Fsp3) is 0.684. The normalized spacial score (nSPS) is 29.9. The van der Waals surface area contributed by atoms with E-state index in [-0.39, 0.29) is 11.4 Å². The average Bonchev–Trinajstić information content (AvgIpc) is 3.30. The Morgan fingerprint density at radius 1 is 1.33 bits per heavy atom. The summed E-state index contributed by atoms with van der Waals surface area (Å²) < 4.78 is 5.13. The predicted molar refractivity (Wildman–Crippen MR) is 92.8 cm³/mol. The Hall–Kier alpha value is -1.62. The van der Waals surface area contributed by atoms with Gasteiger partial charge in [0.05, 0.1) is 12.5 Å². The average molecular weight is 329 g/mol. The van der Waals surface area contributed by atoms with Gasteiger partial charge in [0.1, 0.15) is 5.82 Å². The predicted octanol–water partition coefficient (Wildman–Crippen LogP) is 2.46. The minimum atomic E-state index is -0.252. The Balaban J connectivity index is 1.42. The van der Waals surface area contributed by atoms with Crippen LogP contribution in [0, 0.1) is 11.3 Å². The lowest BCUT2D eigenvalue weighted by molar-refractivity contribution is -0.153. The van der Waals surface area contributed by atoms with Gasteiger partial charge in [0.15, 0.2) is 0 Å². The zero-order valence-corrected chi connectivity index (χ0v) is 14.5. The third kappa shape index (κ3) is 2.69. The number of aromatic nitrogens is 1. The van der Waals surface area contributed by atoms with E-state index in [0.29, 0.717) is 5.92 Å². The van der Waals surface area contributed by atoms with E-state index in [2.05, 4.69) is 26.9 Å². The number of pyridine rings is 1. The first-order valence-electron chi connectivity index (χ1n) is 9.22. The number of likely N-dealkylation sites (tertiary alicyclic amines) is 1. The van der Waals surface area contributed by atoms with Crippen molar-refractivity contribution < 1.29 is 9.53 Å². The van der Waals surface area contributed by atoms with Crippen LogP contribution in [0.3, 0.4) is 0 Å². The molecule has 3 aliphatic rings. The number of fused-ring (bicyclic) bond motifs is 1. The number of nitrogens with zero attached hydrogens (tertiary/aromatic N) is 3. The van der Waals surface area contributed by atoms with Crippen molar-refractivity contribution in [3.8, 4) is 0 Å². The van der Waals surface area contributed by atoms with Gasteiger partial charge in [-0.1, -0.05) is 12.5 Å². The van der Waals surface area contributed by atoms with Crippen LogP contribution in [0.25, 0.3) is 0 Å². The molecule has 1 aromatic rings. The van der Waals surface area contributed by atoms with Gasteiger partial charge in [-0.25, -0.2) is 4.98 Å². The molecule has 1 aromatic heterocycles. The van der Waals surface area contributed by atoms with E-state index in [9.17, 15) is 4.79 Å². The maximum absolute atomic E-state index is 12.3. The van der Waals surface area contributed by atoms with Gasteiger partial charge in [-0.05, 0) is 43.2 Å². The highest BCUT2D eigenvalue weighted by atomic mass is 16.5. The largest absolute Gasteiger partial charge is 0.469 e. The number of anilines is 1. The molecule has 1 aliphatic carbocycles. The van der Waals surface area contributed by atoms with Crippen molar-refractivity contribution in [2.75, 3.05) is 38.2 Å². The molecule has 2 unspecified atom stereocenters. The highest BCUT2D eigenvalue weighted by molar-refractivity contribution is 5.78. The molecule has 4 rings (SSSR count). The first kappa shape index (κ1) is 15.9. The molecule has 0 radical (unpaired) electrons. The Bertz CT molecular complexity index is 597. The molecule has 0 bridgehead atoms. The molecule has 2 saturated heterocycles. The summed E-state index contributed by atoms with van der Waals surface area (Å²) in [5, 5.41) is 0. The van der Waals surface area contributed by atoms with Crippen LogP contribution in [0.1, 0.15) is 37.7 Å². The molecule has 0 spiro atoms. The summed E-state index contributed by atoms with van der Waals surface area (Å²) in [6, 6.07) is 4.34. The molecule has 2 atom stereocenters. The van der Waals surface area contributed by atoms with Crippen molar-refractivity contribution in [3.63, 3.8) is 0 Å². The van der Waals surface area contributed by atoms with E-state index < -0.39 is 0 Å². The summed E-state index contributed by atoms with van der Waals surface area (Å²) in [6.45, 7) is 4.97. The maximum Gasteiger partial charge on any atom is 0.313 e. The van der Waals surface area contributed by atoms with Crippen molar-refractivity contribution in [1.29, 1.82) is 0 Å². The van der Waals surface area contributed by atoms with Crippen LogP contribution in [0.2, 0.25) is 0 Å². The first-order valence-corrected chi connectivity index (χ1v) is 9.22. The fourth-order valence-electron chi connectivity index (χ4n) is 4.95. The number of ether oxygens (including phenoxy) is 1. The standard InChI is InChI=1S/C19H27N3O2/c1-24-18(23)19-8-4-5-16(19)13-21(14-19)12-15-6-7-17(20-11-15)22-9-2-3-10-22/h6-7,11,16H,2-5,8-10,12-14H2,1H3. The van der Waals surface area contributed by atoms with Crippen molar-refractivity contribution >= 4 is 11.8 Å². The number of rotatable bonds is 4. The van der Waals surface area contributed by atoms with E-state index >= 15 is 0 Å². The van der Waals surface area contributed by atoms with Gasteiger partial charge in [-0.3, -0.25) is 9.69 Å². The fourth-order valence-corrected chi connectivity index (χ4v) is 4.95. The second-order valence-electron chi connectivity index (χ2n) is 7.63. The molecule has 0 amide bonds. The minimum Gasteiger partial charge on any atom is -0.469 e. The lowest BCUT2D eigenvalue weighted by Crippen LogP contribution is -2.36. The molecule has 2 aliphatic heterocycles. The lowest BCUT2D eigenvalue weighted by atomic mass is 9.81. The molecule has 3 heterocycles. The van der Waals surface area contributed by atoms with Gasteiger partial charge in [0.25, 0.3) is 0 Å². The summed E-state index contributed by atoms with van der Waals surface area (Å²) >= 11 is 0. The van der Waals surface area contributed by atoms with Crippen molar-refractivity contribution in [1.82, 2.24) is 9.88 Å². The number of carbonyl (C=O) groups excluding carboxylic acids is 1. The summed E-state index contributed by atoms with van der Waals surface area (Å²) in [5.41, 5.74) is 0.982. The Morgan fingerprint density at radius 2 is 2.17 bits per heavy atom. The topological polar surface area (TPSA) is 45.7 Å². The number of carbonyl (C=O) groups is 1. The van der Waals surface area contributed by atoms with Crippen LogP contribution >= 0.6 is 0 Å². The second-order valence-corrected chi connectivity index (χ2v) is 7.63. The Kier molecular flexibility index (Phi) is 4.21. The molecule has 5 heteroatoms. The smallest absolute Gasteiger partial charge is 0.313 e. The van der Waals surface area contributed by atoms with Crippen molar-refractivity contribution in [2.45, 2.75) is 38.6 Å². The Morgan fingerprint density at radius 3 is 2.88 bits per heavy atom. The highest BCUT2D eigenvalue weighted by Crippen LogP contribution is 2.49. The number of hydrogen-bond donors (Lipinski definition) is 0. The zero-order valence-electron chi connectivity index (χ0n) is 14.5. The van der Waals surface area contributed by atoms with Crippen LogP contribution in [-0.2, 0) is 16.1 Å². The third-order valence-corrected chi connectivity index (χ3v) is 6.18. The second kappa shape index (κ2) is 6.36. The zero-order chi connectivity index (χ0) is 16.6. The summed E-state index contributed by atoms with van der Waals surface area (Å²) in [4.78, 5) is 21.8. The van der Waals surface area contributed by atoms with E-state index in [1.54, 1.807) is 0 Å². The van der Waals surface area contributed by atoms with E-state index in [1.807, 2.05) is 6.20 Å². The number of esters is 1. The van der Waals surface area contributed by atoms with Crippen LogP contribution in [0.15, 0.2) is 18.3 Å². The molecular formula is C19H27N3O2. The van der Waals surface area contributed by atoms with E-state index in [4.69, 9.17) is 4.74 Å². The number of methoxy groups -OCH3 is 1. The molecule has 0 N–H and O–H groups in total. The van der Waals surface area contributed by atoms with E-state index in [1.165, 1.54) is 25.5 Å². The lowest BCUT2D eigenvalue weighted by Gasteiger charge is -2.25. The Labute approximate surface area is 144 Å². The first-order chi connectivity index (χ1) is 11.7. The van der Waals surface area contributed by atoms with Crippen LogP contribution in [-0.4, -0.2) is 49.1 Å². The summed E-state index contributed by atoms with van der Waals surface area (Å²) in [5.74, 6) is 1.55. The third-order valence-electron chi connectivity index (χ3n) is 6.18. The molecule has 0 aromatic carbocycles. The van der Waals surface area contributed by atoms with Gasteiger partial charge >= 0.3 is 5.97 Å². The SMILES string of the molecule is COC(=O)C12CCCC1CN(Cc1ccc(N3CCCC3)nc1)C2. The van der Waals surface area contributed by atoms with Crippen LogP contribution in [0.5, 0.6) is 0 Å². The van der Waals surface area contributed by atoms with Gasteiger partial charge in [-0.2, -0.15) is 0 Å². The van der Waals surface area contributed by atoms with E-state index in [0.717, 1.165) is 57.8 Å². The van der Waals surface area contributed by atoms with Crippen LogP contribution < -0.4 is 4.90 Å². The summed E-state index contributed by atoms with van der Waals surface area (Å²) in [6.07, 6.45) is 7.83. The minimum absolute atomic E-state index is 0.00462.